The first-order chi connectivity index (χ1) is 6.09. The zero-order chi connectivity index (χ0) is 9.84. The maximum atomic E-state index is 4.26. The fourth-order valence-electron chi connectivity index (χ4n) is 0.790. The second-order valence-electron chi connectivity index (χ2n) is 2.78. The summed E-state index contributed by atoms with van der Waals surface area (Å²) in [5, 5.41) is 3.25. The van der Waals surface area contributed by atoms with Gasteiger partial charge in [-0.25, -0.2) is 4.98 Å². The first kappa shape index (κ1) is 11.0. The molecule has 1 heterocycles. The van der Waals surface area contributed by atoms with Crippen molar-refractivity contribution in [2.75, 3.05) is 11.9 Å². The number of nitrogens with zero attached hydrogens (tertiary/aromatic N) is 1. The summed E-state index contributed by atoms with van der Waals surface area (Å²) in [7, 11) is 0. The van der Waals surface area contributed by atoms with Crippen LogP contribution < -0.4 is 5.32 Å². The molecule has 0 atom stereocenters. The molecule has 13 heavy (non-hydrogen) atoms. The second-order valence-corrected chi connectivity index (χ2v) is 4.62. The second kappa shape index (κ2) is 4.95. The molecule has 0 spiro atoms. The lowest BCUT2D eigenvalue weighted by molar-refractivity contribution is 1.16. The van der Waals surface area contributed by atoms with Crippen LogP contribution in [0.2, 0.25) is 0 Å². The number of hydrogen-bond acceptors (Lipinski definition) is 2. The third-order valence-corrected chi connectivity index (χ3v) is 2.66. The van der Waals surface area contributed by atoms with Gasteiger partial charge < -0.3 is 5.32 Å². The molecule has 1 aromatic rings. The lowest BCUT2D eigenvalue weighted by Crippen LogP contribution is -2.04. The molecule has 0 saturated carbocycles. The molecule has 0 amide bonds. The summed E-state index contributed by atoms with van der Waals surface area (Å²) in [5.41, 5.74) is 2.16. The van der Waals surface area contributed by atoms with Crippen molar-refractivity contribution in [3.8, 4) is 0 Å². The minimum Gasteiger partial charge on any atom is -0.379 e. The molecule has 0 aliphatic heterocycles. The van der Waals surface area contributed by atoms with Gasteiger partial charge in [0.2, 0.25) is 0 Å². The Labute approximate surface area is 100 Å². The number of anilines is 1. The van der Waals surface area contributed by atoms with Crippen LogP contribution in [0, 0.1) is 3.70 Å². The predicted octanol–water partition coefficient (Wildman–Crippen LogP) is 3.44. The Kier molecular flexibility index (Phi) is 4.18. The average Bonchev–Trinajstić information content (AvgIpc) is 2.02. The SMILES string of the molecule is C=C(C)CNc1ccc(Br)nc1I. The Hall–Kier alpha value is -0.100. The third kappa shape index (κ3) is 3.64. The molecule has 2 nitrogen and oxygen atoms in total. The van der Waals surface area contributed by atoms with Crippen LogP contribution in [0.1, 0.15) is 6.92 Å². The summed E-state index contributed by atoms with van der Waals surface area (Å²) in [5.74, 6) is 0. The molecule has 0 aromatic carbocycles. The quantitative estimate of drug-likeness (QED) is 0.512. The topological polar surface area (TPSA) is 24.9 Å². The normalized spacial score (nSPS) is 9.77. The van der Waals surface area contributed by atoms with Gasteiger partial charge in [-0.15, -0.1) is 0 Å². The van der Waals surface area contributed by atoms with Crippen molar-refractivity contribution in [2.24, 2.45) is 0 Å². The maximum absolute atomic E-state index is 4.26. The van der Waals surface area contributed by atoms with Crippen LogP contribution in [0.4, 0.5) is 5.69 Å². The van der Waals surface area contributed by atoms with Gasteiger partial charge in [-0.3, -0.25) is 0 Å². The molecule has 0 aliphatic carbocycles. The Morgan fingerprint density at radius 2 is 2.38 bits per heavy atom. The molecular weight excluding hydrogens is 343 g/mol. The van der Waals surface area contributed by atoms with Crippen molar-refractivity contribution in [3.63, 3.8) is 0 Å². The van der Waals surface area contributed by atoms with Crippen LogP contribution in [-0.2, 0) is 0 Å². The van der Waals surface area contributed by atoms with Crippen LogP contribution in [0.5, 0.6) is 0 Å². The van der Waals surface area contributed by atoms with Gasteiger partial charge >= 0.3 is 0 Å². The number of hydrogen-bond donors (Lipinski definition) is 1. The molecule has 70 valence electrons. The maximum Gasteiger partial charge on any atom is 0.125 e. The van der Waals surface area contributed by atoms with Crippen LogP contribution >= 0.6 is 38.5 Å². The van der Waals surface area contributed by atoms with E-state index < -0.39 is 0 Å². The van der Waals surface area contributed by atoms with Gasteiger partial charge in [0.1, 0.15) is 8.30 Å². The average molecular weight is 353 g/mol. The fraction of sp³-hybridized carbons (Fsp3) is 0.222. The van der Waals surface area contributed by atoms with Gasteiger partial charge in [0.05, 0.1) is 5.69 Å². The van der Waals surface area contributed by atoms with E-state index in [0.29, 0.717) is 0 Å². The van der Waals surface area contributed by atoms with Gasteiger partial charge in [-0.1, -0.05) is 12.2 Å². The first-order valence-corrected chi connectivity index (χ1v) is 5.67. The highest BCUT2D eigenvalue weighted by atomic mass is 127. The van der Waals surface area contributed by atoms with Gasteiger partial charge in [-0.05, 0) is 57.6 Å². The molecule has 0 unspecified atom stereocenters. The molecule has 0 bridgehead atoms. The largest absolute Gasteiger partial charge is 0.379 e. The van der Waals surface area contributed by atoms with E-state index in [4.69, 9.17) is 0 Å². The minimum absolute atomic E-state index is 0.791. The van der Waals surface area contributed by atoms with Crippen molar-refractivity contribution in [2.45, 2.75) is 6.92 Å². The van der Waals surface area contributed by atoms with Crippen molar-refractivity contribution < 1.29 is 0 Å². The molecule has 0 radical (unpaired) electrons. The van der Waals surface area contributed by atoms with E-state index in [1.165, 1.54) is 0 Å². The summed E-state index contributed by atoms with van der Waals surface area (Å²) in [6, 6.07) is 3.92. The molecule has 0 aliphatic rings. The van der Waals surface area contributed by atoms with E-state index in [1.54, 1.807) is 0 Å². The van der Waals surface area contributed by atoms with Crippen molar-refractivity contribution in [3.05, 3.63) is 32.6 Å². The van der Waals surface area contributed by atoms with Gasteiger partial charge in [0.25, 0.3) is 0 Å². The molecule has 0 saturated heterocycles. The standard InChI is InChI=1S/C9H10BrIN2/c1-6(2)5-12-7-3-4-8(10)13-9(7)11/h3-4,12H,1,5H2,2H3. The molecule has 1 aromatic heterocycles. The zero-order valence-electron chi connectivity index (χ0n) is 7.27. The molecule has 4 heteroatoms. The minimum atomic E-state index is 0.791. The summed E-state index contributed by atoms with van der Waals surface area (Å²) in [6.45, 7) is 6.61. The molecule has 0 fully saturated rings. The molecule has 1 N–H and O–H groups in total. The van der Waals surface area contributed by atoms with E-state index in [2.05, 4.69) is 55.4 Å². The number of nitrogens with one attached hydrogen (secondary N) is 1. The Balaban J connectivity index is 2.72. The summed E-state index contributed by atoms with van der Waals surface area (Å²) in [6.07, 6.45) is 0. The van der Waals surface area contributed by atoms with Crippen LogP contribution in [0.15, 0.2) is 28.9 Å². The van der Waals surface area contributed by atoms with E-state index in [1.807, 2.05) is 19.1 Å². The van der Waals surface area contributed by atoms with Crippen molar-refractivity contribution in [1.82, 2.24) is 4.98 Å². The highest BCUT2D eigenvalue weighted by molar-refractivity contribution is 14.1. The highest BCUT2D eigenvalue weighted by Gasteiger charge is 2.00. The van der Waals surface area contributed by atoms with E-state index in [-0.39, 0.29) is 0 Å². The first-order valence-electron chi connectivity index (χ1n) is 3.80. The van der Waals surface area contributed by atoms with Gasteiger partial charge in [0, 0.05) is 6.54 Å². The number of rotatable bonds is 3. The van der Waals surface area contributed by atoms with E-state index >= 15 is 0 Å². The Morgan fingerprint density at radius 1 is 1.69 bits per heavy atom. The smallest absolute Gasteiger partial charge is 0.125 e. The number of pyridine rings is 1. The van der Waals surface area contributed by atoms with Crippen molar-refractivity contribution >= 4 is 44.2 Å². The predicted molar refractivity (Wildman–Crippen MR) is 68.0 cm³/mol. The monoisotopic (exact) mass is 352 g/mol. The number of halogens is 2. The lowest BCUT2D eigenvalue weighted by atomic mass is 10.3. The van der Waals surface area contributed by atoms with Gasteiger partial charge in [-0.2, -0.15) is 0 Å². The van der Waals surface area contributed by atoms with E-state index in [9.17, 15) is 0 Å². The Morgan fingerprint density at radius 3 is 2.92 bits per heavy atom. The number of aromatic nitrogens is 1. The van der Waals surface area contributed by atoms with Crippen LogP contribution in [-0.4, -0.2) is 11.5 Å². The fourth-order valence-corrected chi connectivity index (χ4v) is 2.06. The summed E-state index contributed by atoms with van der Waals surface area (Å²) < 4.78 is 1.83. The van der Waals surface area contributed by atoms with Crippen LogP contribution in [0.25, 0.3) is 0 Å². The highest BCUT2D eigenvalue weighted by Crippen LogP contribution is 2.18. The van der Waals surface area contributed by atoms with Gasteiger partial charge in [0.15, 0.2) is 0 Å². The summed E-state index contributed by atoms with van der Waals surface area (Å²) >= 11 is 5.51. The van der Waals surface area contributed by atoms with Crippen molar-refractivity contribution in [1.29, 1.82) is 0 Å². The summed E-state index contributed by atoms with van der Waals surface area (Å²) in [4.78, 5) is 4.26. The molecule has 1 rings (SSSR count). The Bertz CT molecular complexity index is 325. The third-order valence-electron chi connectivity index (χ3n) is 1.40. The van der Waals surface area contributed by atoms with Crippen LogP contribution in [0.3, 0.4) is 0 Å². The lowest BCUT2D eigenvalue weighted by Gasteiger charge is -2.07. The van der Waals surface area contributed by atoms with E-state index in [0.717, 1.165) is 26.1 Å². The zero-order valence-corrected chi connectivity index (χ0v) is 11.0. The molecular formula is C9H10BrIN2.